The highest BCUT2D eigenvalue weighted by Crippen LogP contribution is 2.32. The summed E-state index contributed by atoms with van der Waals surface area (Å²) in [5, 5.41) is 2.46. The first-order valence-corrected chi connectivity index (χ1v) is 9.39. The van der Waals surface area contributed by atoms with Crippen molar-refractivity contribution >= 4 is 21.6 Å². The molecule has 0 aliphatic rings. The van der Waals surface area contributed by atoms with E-state index in [9.17, 15) is 9.18 Å². The van der Waals surface area contributed by atoms with Crippen LogP contribution in [-0.2, 0) is 11.3 Å². The van der Waals surface area contributed by atoms with E-state index in [1.54, 1.807) is 23.8 Å². The van der Waals surface area contributed by atoms with Gasteiger partial charge in [-0.25, -0.2) is 9.37 Å². The summed E-state index contributed by atoms with van der Waals surface area (Å²) in [5.41, 5.74) is 2.34. The van der Waals surface area contributed by atoms with Crippen molar-refractivity contribution in [3.05, 3.63) is 76.1 Å². The number of fused-ring (bicyclic) bond motifs is 1. The van der Waals surface area contributed by atoms with Crippen molar-refractivity contribution in [2.75, 3.05) is 13.7 Å². The molecule has 4 nitrogen and oxygen atoms in total. The Morgan fingerprint density at radius 1 is 1.07 bits per heavy atom. The molecule has 0 aliphatic heterocycles. The maximum Gasteiger partial charge on any atom is 0.263 e. The number of halogens is 1. The van der Waals surface area contributed by atoms with Gasteiger partial charge in [-0.3, -0.25) is 9.36 Å². The number of rotatable bonds is 5. The summed E-state index contributed by atoms with van der Waals surface area (Å²) in [5.74, 6) is 0.318. The Balaban J connectivity index is 1.96. The number of nitrogens with zero attached hydrogens (tertiary/aromatic N) is 2. The van der Waals surface area contributed by atoms with E-state index >= 15 is 0 Å². The number of aromatic nitrogens is 2. The monoisotopic (exact) mass is 380 g/mol. The van der Waals surface area contributed by atoms with E-state index in [1.807, 2.05) is 35.7 Å². The highest BCUT2D eigenvalue weighted by atomic mass is 32.1. The third-order valence-electron chi connectivity index (χ3n) is 4.40. The van der Waals surface area contributed by atoms with Gasteiger partial charge in [0.15, 0.2) is 0 Å². The standard InChI is InChI=1S/C21H17FN2O2S/c1-26-12-11-24-19(15-5-3-2-4-6-15)23-20-18(21(24)25)17(13-27-20)14-7-9-16(22)10-8-14/h2-10,13H,11-12H2,1H3. The first kappa shape index (κ1) is 17.6. The summed E-state index contributed by atoms with van der Waals surface area (Å²) < 4.78 is 20.1. The van der Waals surface area contributed by atoms with Crippen LogP contribution in [0.1, 0.15) is 0 Å². The highest BCUT2D eigenvalue weighted by Gasteiger charge is 2.18. The maximum absolute atomic E-state index is 13.4. The molecule has 0 atom stereocenters. The number of hydrogen-bond donors (Lipinski definition) is 0. The minimum Gasteiger partial charge on any atom is -0.383 e. The van der Waals surface area contributed by atoms with Crippen LogP contribution in [0.15, 0.2) is 64.8 Å². The van der Waals surface area contributed by atoms with Gasteiger partial charge in [-0.05, 0) is 17.7 Å². The smallest absolute Gasteiger partial charge is 0.263 e. The molecule has 136 valence electrons. The average molecular weight is 380 g/mol. The molecule has 0 aliphatic carbocycles. The van der Waals surface area contributed by atoms with Crippen molar-refractivity contribution in [1.82, 2.24) is 9.55 Å². The van der Waals surface area contributed by atoms with Crippen LogP contribution in [-0.4, -0.2) is 23.3 Å². The third-order valence-corrected chi connectivity index (χ3v) is 5.27. The predicted octanol–water partition coefficient (Wildman–Crippen LogP) is 4.58. The average Bonchev–Trinajstić information content (AvgIpc) is 3.13. The number of ether oxygens (including phenoxy) is 1. The van der Waals surface area contributed by atoms with E-state index in [1.165, 1.54) is 23.5 Å². The number of hydrogen-bond acceptors (Lipinski definition) is 4. The van der Waals surface area contributed by atoms with Crippen molar-refractivity contribution in [2.24, 2.45) is 0 Å². The molecule has 27 heavy (non-hydrogen) atoms. The van der Waals surface area contributed by atoms with Gasteiger partial charge in [-0.2, -0.15) is 0 Å². The van der Waals surface area contributed by atoms with Gasteiger partial charge in [0.2, 0.25) is 0 Å². The van der Waals surface area contributed by atoms with E-state index in [0.717, 1.165) is 16.7 Å². The fourth-order valence-electron chi connectivity index (χ4n) is 3.06. The van der Waals surface area contributed by atoms with Crippen molar-refractivity contribution in [2.45, 2.75) is 6.54 Å². The van der Waals surface area contributed by atoms with Gasteiger partial charge < -0.3 is 4.74 Å². The molecular formula is C21H17FN2O2S. The molecule has 0 spiro atoms. The van der Waals surface area contributed by atoms with Crippen molar-refractivity contribution < 1.29 is 9.13 Å². The van der Waals surface area contributed by atoms with E-state index in [2.05, 4.69) is 0 Å². The molecular weight excluding hydrogens is 363 g/mol. The second kappa shape index (κ2) is 7.42. The second-order valence-corrected chi connectivity index (χ2v) is 6.95. The van der Waals surface area contributed by atoms with Crippen LogP contribution < -0.4 is 5.56 Å². The molecule has 6 heteroatoms. The van der Waals surface area contributed by atoms with Crippen LogP contribution in [0.5, 0.6) is 0 Å². The fraction of sp³-hybridized carbons (Fsp3) is 0.143. The molecule has 0 saturated heterocycles. The van der Waals surface area contributed by atoms with Crippen LogP contribution in [0.4, 0.5) is 4.39 Å². The Morgan fingerprint density at radius 2 is 1.81 bits per heavy atom. The van der Waals surface area contributed by atoms with Gasteiger partial charge >= 0.3 is 0 Å². The molecule has 0 N–H and O–H groups in total. The van der Waals surface area contributed by atoms with Crippen molar-refractivity contribution in [3.8, 4) is 22.5 Å². The lowest BCUT2D eigenvalue weighted by atomic mass is 10.1. The summed E-state index contributed by atoms with van der Waals surface area (Å²) in [7, 11) is 1.60. The normalized spacial score (nSPS) is 11.2. The summed E-state index contributed by atoms with van der Waals surface area (Å²) in [4.78, 5) is 18.8. The van der Waals surface area contributed by atoms with Crippen LogP contribution >= 0.6 is 11.3 Å². The zero-order valence-electron chi connectivity index (χ0n) is 14.7. The quantitative estimate of drug-likeness (QED) is 0.509. The molecule has 2 heterocycles. The second-order valence-electron chi connectivity index (χ2n) is 6.09. The Morgan fingerprint density at radius 3 is 2.52 bits per heavy atom. The summed E-state index contributed by atoms with van der Waals surface area (Å²) in [6, 6.07) is 15.8. The Bertz CT molecular complexity index is 1130. The van der Waals surface area contributed by atoms with E-state index in [4.69, 9.17) is 9.72 Å². The molecule has 0 unspecified atom stereocenters. The summed E-state index contributed by atoms with van der Waals surface area (Å²) in [6.45, 7) is 0.810. The molecule has 4 rings (SSSR count). The van der Waals surface area contributed by atoms with E-state index < -0.39 is 0 Å². The Kier molecular flexibility index (Phi) is 4.83. The molecule has 2 aromatic carbocycles. The van der Waals surface area contributed by atoms with Gasteiger partial charge in [-0.1, -0.05) is 42.5 Å². The van der Waals surface area contributed by atoms with Crippen LogP contribution in [0, 0.1) is 5.82 Å². The molecule has 0 radical (unpaired) electrons. The van der Waals surface area contributed by atoms with Gasteiger partial charge in [0.25, 0.3) is 5.56 Å². The SMILES string of the molecule is COCCn1c(-c2ccccc2)nc2scc(-c3ccc(F)cc3)c2c1=O. The van der Waals surface area contributed by atoms with Crippen LogP contribution in [0.25, 0.3) is 32.7 Å². The minimum absolute atomic E-state index is 0.114. The van der Waals surface area contributed by atoms with E-state index in [-0.39, 0.29) is 11.4 Å². The van der Waals surface area contributed by atoms with Crippen LogP contribution in [0.2, 0.25) is 0 Å². The lowest BCUT2D eigenvalue weighted by molar-refractivity contribution is 0.186. The first-order chi connectivity index (χ1) is 13.2. The zero-order chi connectivity index (χ0) is 18.8. The molecule has 2 aromatic heterocycles. The summed E-state index contributed by atoms with van der Waals surface area (Å²) in [6.07, 6.45) is 0. The van der Waals surface area contributed by atoms with Crippen molar-refractivity contribution in [3.63, 3.8) is 0 Å². The van der Waals surface area contributed by atoms with Gasteiger partial charge in [0.1, 0.15) is 16.5 Å². The highest BCUT2D eigenvalue weighted by molar-refractivity contribution is 7.17. The lowest BCUT2D eigenvalue weighted by Crippen LogP contribution is -2.25. The van der Waals surface area contributed by atoms with Gasteiger partial charge in [0, 0.05) is 23.6 Å². The topological polar surface area (TPSA) is 44.1 Å². The fourth-order valence-corrected chi connectivity index (χ4v) is 4.00. The molecule has 0 fully saturated rings. The van der Waals surface area contributed by atoms with Crippen LogP contribution in [0.3, 0.4) is 0 Å². The minimum atomic E-state index is -0.305. The van der Waals surface area contributed by atoms with Gasteiger partial charge in [-0.15, -0.1) is 11.3 Å². The molecule has 0 amide bonds. The predicted molar refractivity (Wildman–Crippen MR) is 107 cm³/mol. The third kappa shape index (κ3) is 3.29. The number of methoxy groups -OCH3 is 1. The Labute approximate surface area is 159 Å². The van der Waals surface area contributed by atoms with Gasteiger partial charge in [0.05, 0.1) is 18.5 Å². The number of thiophene rings is 1. The Hall–Kier alpha value is -2.83. The molecule has 0 bridgehead atoms. The molecule has 0 saturated carbocycles. The summed E-state index contributed by atoms with van der Waals surface area (Å²) >= 11 is 1.42. The maximum atomic E-state index is 13.4. The first-order valence-electron chi connectivity index (χ1n) is 8.51. The molecule has 4 aromatic rings. The zero-order valence-corrected chi connectivity index (χ0v) is 15.5. The lowest BCUT2D eigenvalue weighted by Gasteiger charge is -2.12. The largest absolute Gasteiger partial charge is 0.383 e. The van der Waals surface area contributed by atoms with Crippen molar-refractivity contribution in [1.29, 1.82) is 0 Å². The number of benzene rings is 2. The van der Waals surface area contributed by atoms with E-state index in [0.29, 0.717) is 29.2 Å².